The largest absolute Gasteiger partial charge is 0.418 e. The lowest BCUT2D eigenvalue weighted by molar-refractivity contribution is -0.142. The van der Waals surface area contributed by atoms with Crippen molar-refractivity contribution in [1.29, 1.82) is 10.5 Å². The molecular weight excluding hydrogens is 566 g/mol. The summed E-state index contributed by atoms with van der Waals surface area (Å²) in [6, 6.07) is 13.0. The Labute approximate surface area is 229 Å². The second-order valence-electron chi connectivity index (χ2n) is 9.48. The minimum absolute atomic E-state index is 0.000482. The van der Waals surface area contributed by atoms with Crippen LogP contribution in [-0.4, -0.2) is 30.9 Å². The average Bonchev–Trinajstić information content (AvgIpc) is 3.65. The number of carbonyl (C=O) groups is 2. The predicted octanol–water partition coefficient (Wildman–Crippen LogP) is 6.02. The zero-order chi connectivity index (χ0) is 29.9. The summed E-state index contributed by atoms with van der Waals surface area (Å²) in [6.07, 6.45) is -10.3. The molecule has 0 amide bonds. The van der Waals surface area contributed by atoms with Crippen LogP contribution >= 0.6 is 0 Å². The zero-order valence-electron chi connectivity index (χ0n) is 20.4. The molecule has 14 heteroatoms. The summed E-state index contributed by atoms with van der Waals surface area (Å²) >= 11 is 0. The fraction of sp³-hybridized carbons (Fsp3) is 0.0714. The third kappa shape index (κ3) is 3.23. The second kappa shape index (κ2) is 7.92. The molecule has 5 aromatic rings. The minimum Gasteiger partial charge on any atom is -0.268 e. The molecule has 8 nitrogen and oxygen atoms in total. The van der Waals surface area contributed by atoms with E-state index < -0.39 is 46.3 Å². The molecule has 0 bridgehead atoms. The van der Waals surface area contributed by atoms with Crippen LogP contribution < -0.4 is 0 Å². The van der Waals surface area contributed by atoms with Gasteiger partial charge >= 0.3 is 12.4 Å². The molecule has 2 aliphatic rings. The molecule has 4 heterocycles. The van der Waals surface area contributed by atoms with Crippen molar-refractivity contribution in [3.05, 3.63) is 82.2 Å². The number of nitriles is 2. The van der Waals surface area contributed by atoms with Crippen molar-refractivity contribution in [3.63, 3.8) is 0 Å². The highest BCUT2D eigenvalue weighted by molar-refractivity contribution is 6.14. The Morgan fingerprint density at radius 3 is 1.90 bits per heavy atom. The van der Waals surface area contributed by atoms with E-state index >= 15 is 0 Å². The van der Waals surface area contributed by atoms with E-state index in [0.29, 0.717) is 22.8 Å². The van der Waals surface area contributed by atoms with Crippen LogP contribution in [0.25, 0.3) is 44.9 Å². The van der Waals surface area contributed by atoms with Gasteiger partial charge in [0, 0.05) is 11.1 Å². The Hall–Kier alpha value is -5.76. The molecule has 0 atom stereocenters. The smallest absolute Gasteiger partial charge is 0.268 e. The monoisotopic (exact) mass is 574 g/mol. The molecule has 0 unspecified atom stereocenters. The van der Waals surface area contributed by atoms with Gasteiger partial charge in [0.2, 0.25) is 0 Å². The summed E-state index contributed by atoms with van der Waals surface area (Å²) in [5, 5.41) is 18.7. The summed E-state index contributed by atoms with van der Waals surface area (Å²) < 4.78 is 83.3. The maximum atomic E-state index is 13.7. The summed E-state index contributed by atoms with van der Waals surface area (Å²) in [5.41, 5.74) is -3.39. The number of imidazole rings is 2. The molecule has 0 saturated carbocycles. The first-order valence-electron chi connectivity index (χ1n) is 11.9. The number of alkyl halides is 6. The molecule has 42 heavy (non-hydrogen) atoms. The first-order valence-corrected chi connectivity index (χ1v) is 11.9. The number of nitrogens with zero attached hydrogens (tertiary/aromatic N) is 6. The Bertz CT molecular complexity index is 2190. The van der Waals surface area contributed by atoms with E-state index in [1.165, 1.54) is 18.2 Å². The molecule has 0 spiro atoms. The van der Waals surface area contributed by atoms with Crippen LogP contribution in [0.2, 0.25) is 0 Å². The molecular formula is C28H8F6N6O2. The van der Waals surface area contributed by atoms with Crippen LogP contribution in [0.5, 0.6) is 0 Å². The van der Waals surface area contributed by atoms with E-state index in [1.807, 2.05) is 0 Å². The van der Waals surface area contributed by atoms with Gasteiger partial charge in [0.1, 0.15) is 23.5 Å². The minimum atomic E-state index is -5.16. The second-order valence-corrected chi connectivity index (χ2v) is 9.48. The van der Waals surface area contributed by atoms with E-state index in [0.717, 1.165) is 9.13 Å². The molecule has 204 valence electrons. The number of halogens is 6. The fourth-order valence-electron chi connectivity index (χ4n) is 5.36. The highest BCUT2D eigenvalue weighted by atomic mass is 19.4. The van der Waals surface area contributed by atoms with Crippen LogP contribution in [0, 0.1) is 22.7 Å². The number of hydrogen-bond acceptors (Lipinski definition) is 6. The van der Waals surface area contributed by atoms with Crippen molar-refractivity contribution >= 4 is 22.8 Å². The molecule has 0 aliphatic carbocycles. The van der Waals surface area contributed by atoms with Crippen LogP contribution in [0.1, 0.15) is 43.2 Å². The Balaban J connectivity index is 1.36. The van der Waals surface area contributed by atoms with Gasteiger partial charge < -0.3 is 0 Å². The van der Waals surface area contributed by atoms with Gasteiger partial charge in [-0.3, -0.25) is 14.2 Å². The number of aromatic nitrogens is 4. The van der Waals surface area contributed by atoms with Gasteiger partial charge in [0.25, 0.3) is 11.8 Å². The summed E-state index contributed by atoms with van der Waals surface area (Å²) in [4.78, 5) is 34.3. The lowest BCUT2D eigenvalue weighted by Crippen LogP contribution is -2.13. The molecule has 0 radical (unpaired) electrons. The van der Waals surface area contributed by atoms with Crippen molar-refractivity contribution < 1.29 is 35.9 Å². The fourth-order valence-corrected chi connectivity index (χ4v) is 5.36. The third-order valence-corrected chi connectivity index (χ3v) is 7.20. The summed E-state index contributed by atoms with van der Waals surface area (Å²) in [7, 11) is 0. The number of fused-ring (bicyclic) bond motifs is 8. The van der Waals surface area contributed by atoms with Crippen molar-refractivity contribution in [2.75, 3.05) is 0 Å². The van der Waals surface area contributed by atoms with E-state index in [9.17, 15) is 46.5 Å². The average molecular weight is 574 g/mol. The number of hydrogen-bond donors (Lipinski definition) is 0. The Morgan fingerprint density at radius 2 is 1.29 bits per heavy atom. The number of rotatable bonds is 1. The molecule has 3 aromatic carbocycles. The predicted molar refractivity (Wildman–Crippen MR) is 131 cm³/mol. The van der Waals surface area contributed by atoms with E-state index in [4.69, 9.17) is 0 Å². The highest BCUT2D eigenvalue weighted by Crippen LogP contribution is 2.44. The van der Waals surface area contributed by atoms with Crippen molar-refractivity contribution in [2.24, 2.45) is 0 Å². The molecule has 0 saturated heterocycles. The van der Waals surface area contributed by atoms with Crippen molar-refractivity contribution in [1.82, 2.24) is 19.1 Å². The van der Waals surface area contributed by atoms with Gasteiger partial charge in [-0.2, -0.15) is 36.9 Å². The number of carbonyl (C=O) groups excluding carboxylic acids is 2. The maximum Gasteiger partial charge on any atom is 0.418 e. The van der Waals surface area contributed by atoms with Gasteiger partial charge in [-0.25, -0.2) is 14.5 Å². The lowest BCUT2D eigenvalue weighted by atomic mass is 9.96. The normalized spacial score (nSPS) is 13.5. The molecule has 2 aromatic heterocycles. The third-order valence-electron chi connectivity index (χ3n) is 7.20. The standard InChI is InChI=1S/C28H8F6N6O2/c29-27(30,31)13-7-18(28(32,33)34)22-20(8-13)39-23(38-22)14-3-1-12(6-17(14)26(39)42)11-2-4-15-16(5-11)24-37-19(9-35)21(10-36)40(24)25(15)41/h1-8H. The van der Waals surface area contributed by atoms with Gasteiger partial charge in [-0.15, -0.1) is 0 Å². The molecule has 7 rings (SSSR count). The molecule has 0 N–H and O–H groups in total. The Morgan fingerprint density at radius 1 is 0.667 bits per heavy atom. The van der Waals surface area contributed by atoms with E-state index in [1.54, 1.807) is 30.3 Å². The first-order chi connectivity index (χ1) is 19.8. The van der Waals surface area contributed by atoms with Gasteiger partial charge in [0.05, 0.1) is 27.8 Å². The van der Waals surface area contributed by atoms with Crippen LogP contribution in [0.3, 0.4) is 0 Å². The first kappa shape index (κ1) is 25.2. The zero-order valence-corrected chi connectivity index (χ0v) is 20.4. The molecule has 0 fully saturated rings. The number of benzene rings is 3. The quantitative estimate of drug-likeness (QED) is 0.222. The Kier molecular flexibility index (Phi) is 4.75. The molecule has 2 aliphatic heterocycles. The van der Waals surface area contributed by atoms with Crippen LogP contribution in [-0.2, 0) is 12.4 Å². The highest BCUT2D eigenvalue weighted by Gasteiger charge is 2.42. The van der Waals surface area contributed by atoms with Crippen LogP contribution in [0.15, 0.2) is 48.5 Å². The van der Waals surface area contributed by atoms with E-state index in [2.05, 4.69) is 9.97 Å². The van der Waals surface area contributed by atoms with Gasteiger partial charge in [-0.05, 0) is 47.5 Å². The van der Waals surface area contributed by atoms with Crippen molar-refractivity contribution in [2.45, 2.75) is 12.4 Å². The van der Waals surface area contributed by atoms with Crippen molar-refractivity contribution in [3.8, 4) is 46.0 Å². The summed E-state index contributed by atoms with van der Waals surface area (Å²) in [6.45, 7) is 0. The van der Waals surface area contributed by atoms with E-state index in [-0.39, 0.29) is 45.8 Å². The maximum absolute atomic E-state index is 13.7. The lowest BCUT2D eigenvalue weighted by Gasteiger charge is -2.13. The summed E-state index contributed by atoms with van der Waals surface area (Å²) in [5.74, 6) is -1.54. The van der Waals surface area contributed by atoms with Gasteiger partial charge in [0.15, 0.2) is 17.2 Å². The van der Waals surface area contributed by atoms with Gasteiger partial charge in [-0.1, -0.05) is 12.1 Å². The van der Waals surface area contributed by atoms with Crippen LogP contribution in [0.4, 0.5) is 26.3 Å². The SMILES string of the molecule is N#Cc1nc2n(c1C#N)C(=O)c1ccc(-c3ccc4c(c3)C(=O)n3c-4nc4c(C(F)(F)F)cc(C(F)(F)F)cc43)cc1-2. The topological polar surface area (TPSA) is 117 Å².